The molecule has 1 heterocycles. The maximum absolute atomic E-state index is 12.5. The molecule has 2 aromatic carbocycles. The molecule has 0 unspecified atom stereocenters. The molecule has 2 aromatic rings. The first-order valence-electron chi connectivity index (χ1n) is 7.91. The van der Waals surface area contributed by atoms with E-state index in [0.29, 0.717) is 12.1 Å². The number of hydrogen-bond acceptors (Lipinski definition) is 4. The summed E-state index contributed by atoms with van der Waals surface area (Å²) in [6.07, 6.45) is -0.526. The van der Waals surface area contributed by atoms with E-state index in [0.717, 1.165) is 11.1 Å². The van der Waals surface area contributed by atoms with Crippen molar-refractivity contribution < 1.29 is 14.3 Å². The minimum Gasteiger partial charge on any atom is -0.447 e. The van der Waals surface area contributed by atoms with Crippen molar-refractivity contribution in [2.75, 3.05) is 6.61 Å². The number of amides is 2. The van der Waals surface area contributed by atoms with E-state index in [-0.39, 0.29) is 19.1 Å². The lowest BCUT2D eigenvalue weighted by molar-refractivity contribution is -0.125. The number of ether oxygens (including phenoxy) is 1. The molecule has 1 atom stereocenters. The third-order valence-corrected chi connectivity index (χ3v) is 4.00. The van der Waals surface area contributed by atoms with Gasteiger partial charge in [-0.3, -0.25) is 9.69 Å². The number of cyclic esters (lactones) is 1. The Hall–Kier alpha value is -3.33. The number of carbonyl (C=O) groups excluding carboxylic acids is 2. The Morgan fingerprint density at radius 3 is 2.72 bits per heavy atom. The molecule has 0 saturated carbocycles. The van der Waals surface area contributed by atoms with E-state index in [4.69, 9.17) is 10.00 Å². The first kappa shape index (κ1) is 16.5. The maximum Gasteiger partial charge on any atom is 0.410 e. The van der Waals surface area contributed by atoms with Crippen LogP contribution in [0.1, 0.15) is 16.7 Å². The van der Waals surface area contributed by atoms with Gasteiger partial charge in [0.15, 0.2) is 0 Å². The van der Waals surface area contributed by atoms with Crippen molar-refractivity contribution >= 4 is 12.0 Å². The molecule has 1 saturated heterocycles. The van der Waals surface area contributed by atoms with Gasteiger partial charge < -0.3 is 10.1 Å². The fourth-order valence-corrected chi connectivity index (χ4v) is 2.68. The molecule has 0 bridgehead atoms. The second kappa shape index (κ2) is 7.49. The van der Waals surface area contributed by atoms with Gasteiger partial charge >= 0.3 is 6.09 Å². The molecular weight excluding hydrogens is 318 g/mol. The van der Waals surface area contributed by atoms with Gasteiger partial charge in [-0.05, 0) is 23.3 Å². The Bertz CT molecular complexity index is 814. The van der Waals surface area contributed by atoms with Crippen LogP contribution in [0.5, 0.6) is 0 Å². The molecule has 0 aromatic heterocycles. The minimum atomic E-state index is -0.679. The zero-order chi connectivity index (χ0) is 17.6. The molecule has 2 amide bonds. The lowest BCUT2D eigenvalue weighted by atomic mass is 10.1. The second-order valence-electron chi connectivity index (χ2n) is 5.74. The SMILES string of the molecule is N#Cc1cccc(CN2C(=O)OC[C@H]2C(=O)NCc2ccccc2)c1. The predicted molar refractivity (Wildman–Crippen MR) is 90.1 cm³/mol. The van der Waals surface area contributed by atoms with Crippen LogP contribution in [0.25, 0.3) is 0 Å². The first-order valence-corrected chi connectivity index (χ1v) is 7.91. The lowest BCUT2D eigenvalue weighted by Gasteiger charge is -2.21. The van der Waals surface area contributed by atoms with Crippen LogP contribution in [-0.2, 0) is 22.6 Å². The first-order chi connectivity index (χ1) is 12.2. The molecule has 25 heavy (non-hydrogen) atoms. The fraction of sp³-hybridized carbons (Fsp3) is 0.211. The predicted octanol–water partition coefficient (Wildman–Crippen LogP) is 2.20. The van der Waals surface area contributed by atoms with Crippen molar-refractivity contribution in [3.63, 3.8) is 0 Å². The van der Waals surface area contributed by atoms with Crippen molar-refractivity contribution in [2.45, 2.75) is 19.1 Å². The molecule has 1 N–H and O–H groups in total. The van der Waals surface area contributed by atoms with Crippen LogP contribution >= 0.6 is 0 Å². The van der Waals surface area contributed by atoms with Crippen molar-refractivity contribution in [2.24, 2.45) is 0 Å². The van der Waals surface area contributed by atoms with Gasteiger partial charge in [-0.25, -0.2) is 4.79 Å². The molecule has 6 heteroatoms. The van der Waals surface area contributed by atoms with Crippen LogP contribution < -0.4 is 5.32 Å². The molecule has 0 radical (unpaired) electrons. The van der Waals surface area contributed by atoms with Crippen molar-refractivity contribution in [1.82, 2.24) is 10.2 Å². The van der Waals surface area contributed by atoms with Gasteiger partial charge in [0.25, 0.3) is 0 Å². The van der Waals surface area contributed by atoms with Crippen LogP contribution in [0, 0.1) is 11.3 Å². The van der Waals surface area contributed by atoms with E-state index in [2.05, 4.69) is 11.4 Å². The Kier molecular flexibility index (Phi) is 4.95. The number of nitriles is 1. The lowest BCUT2D eigenvalue weighted by Crippen LogP contribution is -2.45. The number of benzene rings is 2. The molecule has 0 aliphatic carbocycles. The Labute approximate surface area is 145 Å². The summed E-state index contributed by atoms with van der Waals surface area (Å²) < 4.78 is 5.04. The van der Waals surface area contributed by atoms with Gasteiger partial charge in [0.05, 0.1) is 18.2 Å². The van der Waals surface area contributed by atoms with Crippen LogP contribution in [0.4, 0.5) is 4.79 Å². The summed E-state index contributed by atoms with van der Waals surface area (Å²) in [6, 6.07) is 17.9. The van der Waals surface area contributed by atoms with Crippen LogP contribution in [0.3, 0.4) is 0 Å². The van der Waals surface area contributed by atoms with E-state index >= 15 is 0 Å². The summed E-state index contributed by atoms with van der Waals surface area (Å²) in [5.74, 6) is -0.258. The van der Waals surface area contributed by atoms with E-state index in [9.17, 15) is 9.59 Å². The molecule has 0 spiro atoms. The van der Waals surface area contributed by atoms with Crippen LogP contribution in [0.2, 0.25) is 0 Å². The van der Waals surface area contributed by atoms with Gasteiger partial charge in [0.1, 0.15) is 12.6 Å². The van der Waals surface area contributed by atoms with E-state index < -0.39 is 12.1 Å². The molecule has 126 valence electrons. The monoisotopic (exact) mass is 335 g/mol. The van der Waals surface area contributed by atoms with E-state index in [1.807, 2.05) is 36.4 Å². The van der Waals surface area contributed by atoms with Gasteiger partial charge in [0, 0.05) is 6.54 Å². The average molecular weight is 335 g/mol. The Balaban J connectivity index is 1.66. The highest BCUT2D eigenvalue weighted by Crippen LogP contribution is 2.17. The summed E-state index contributed by atoms with van der Waals surface area (Å²) in [5.41, 5.74) is 2.27. The maximum atomic E-state index is 12.5. The van der Waals surface area contributed by atoms with Gasteiger partial charge in [0.2, 0.25) is 5.91 Å². The van der Waals surface area contributed by atoms with Crippen LogP contribution in [0.15, 0.2) is 54.6 Å². The number of rotatable bonds is 5. The summed E-state index contributed by atoms with van der Waals surface area (Å²) in [7, 11) is 0. The molecular formula is C19H17N3O3. The standard InChI is InChI=1S/C19H17N3O3/c20-10-15-7-4-8-16(9-15)12-22-17(13-25-19(22)24)18(23)21-11-14-5-2-1-3-6-14/h1-9,17H,11-13H2,(H,21,23)/t17-/m0/s1. The Morgan fingerprint density at radius 1 is 1.20 bits per heavy atom. The topological polar surface area (TPSA) is 82.4 Å². The molecule has 1 aliphatic heterocycles. The minimum absolute atomic E-state index is 0.0252. The quantitative estimate of drug-likeness (QED) is 0.908. The largest absolute Gasteiger partial charge is 0.447 e. The van der Waals surface area contributed by atoms with E-state index in [1.165, 1.54) is 4.90 Å². The zero-order valence-corrected chi connectivity index (χ0v) is 13.5. The summed E-state index contributed by atoms with van der Waals surface area (Å²) in [5, 5.41) is 11.8. The average Bonchev–Trinajstić information content (AvgIpc) is 3.01. The molecule has 3 rings (SSSR count). The van der Waals surface area contributed by atoms with Crippen LogP contribution in [-0.4, -0.2) is 29.5 Å². The summed E-state index contributed by atoms with van der Waals surface area (Å²) >= 11 is 0. The number of nitrogens with one attached hydrogen (secondary N) is 1. The molecule has 1 fully saturated rings. The summed E-state index contributed by atoms with van der Waals surface area (Å²) in [4.78, 5) is 25.8. The normalized spacial score (nSPS) is 16.2. The number of nitrogens with zero attached hydrogens (tertiary/aromatic N) is 2. The Morgan fingerprint density at radius 2 is 1.96 bits per heavy atom. The third kappa shape index (κ3) is 3.96. The second-order valence-corrected chi connectivity index (χ2v) is 5.74. The zero-order valence-electron chi connectivity index (χ0n) is 13.5. The number of carbonyl (C=O) groups is 2. The molecule has 1 aliphatic rings. The fourth-order valence-electron chi connectivity index (χ4n) is 2.68. The smallest absolute Gasteiger partial charge is 0.410 e. The third-order valence-electron chi connectivity index (χ3n) is 4.00. The van der Waals surface area contributed by atoms with Crippen molar-refractivity contribution in [3.8, 4) is 6.07 Å². The highest BCUT2D eigenvalue weighted by Gasteiger charge is 2.37. The molecule has 6 nitrogen and oxygen atoms in total. The van der Waals surface area contributed by atoms with Crippen molar-refractivity contribution in [1.29, 1.82) is 5.26 Å². The number of hydrogen-bond donors (Lipinski definition) is 1. The van der Waals surface area contributed by atoms with Crippen molar-refractivity contribution in [3.05, 3.63) is 71.3 Å². The van der Waals surface area contributed by atoms with Gasteiger partial charge in [-0.2, -0.15) is 5.26 Å². The van der Waals surface area contributed by atoms with Gasteiger partial charge in [-0.15, -0.1) is 0 Å². The van der Waals surface area contributed by atoms with E-state index in [1.54, 1.807) is 18.2 Å². The summed E-state index contributed by atoms with van der Waals surface area (Å²) in [6.45, 7) is 0.636. The highest BCUT2D eigenvalue weighted by molar-refractivity contribution is 5.87. The highest BCUT2D eigenvalue weighted by atomic mass is 16.6. The van der Waals surface area contributed by atoms with Gasteiger partial charge in [-0.1, -0.05) is 42.5 Å².